The van der Waals surface area contributed by atoms with Gasteiger partial charge in [0, 0.05) is 11.1 Å². The number of thiophene rings is 1. The van der Waals surface area contributed by atoms with Crippen LogP contribution in [0.4, 0.5) is 0 Å². The number of nitrogens with two attached hydrogens (primary N) is 1. The third kappa shape index (κ3) is 2.44. The van der Waals surface area contributed by atoms with Crippen molar-refractivity contribution in [1.82, 2.24) is 14.1 Å². The Morgan fingerprint density at radius 1 is 1.23 bits per heavy atom. The highest BCUT2D eigenvalue weighted by molar-refractivity contribution is 7.09. The Labute approximate surface area is 128 Å². The van der Waals surface area contributed by atoms with Gasteiger partial charge in [-0.25, -0.2) is 9.78 Å². The Morgan fingerprint density at radius 2 is 2.05 bits per heavy atom. The summed E-state index contributed by atoms with van der Waals surface area (Å²) in [5.41, 5.74) is 4.60. The molecule has 0 unspecified atom stereocenters. The highest BCUT2D eigenvalue weighted by atomic mass is 32.1. The molecule has 0 aromatic carbocycles. The lowest BCUT2D eigenvalue weighted by atomic mass is 10.3. The van der Waals surface area contributed by atoms with Crippen LogP contribution in [0.15, 0.2) is 45.4 Å². The van der Waals surface area contributed by atoms with Crippen molar-refractivity contribution in [2.45, 2.75) is 13.1 Å². The first-order valence-corrected chi connectivity index (χ1v) is 7.35. The molecule has 112 valence electrons. The van der Waals surface area contributed by atoms with Crippen LogP contribution in [0.1, 0.15) is 4.88 Å². The summed E-state index contributed by atoms with van der Waals surface area (Å²) in [6.07, 6.45) is 1.47. The van der Waals surface area contributed by atoms with Gasteiger partial charge >= 0.3 is 5.69 Å². The van der Waals surface area contributed by atoms with E-state index < -0.39 is 17.2 Å². The lowest BCUT2D eigenvalue weighted by Crippen LogP contribution is -2.42. The average Bonchev–Trinajstić information content (AvgIpc) is 3.01. The van der Waals surface area contributed by atoms with E-state index in [1.807, 2.05) is 17.5 Å². The summed E-state index contributed by atoms with van der Waals surface area (Å²) in [5.74, 6) is -0.659. The van der Waals surface area contributed by atoms with E-state index >= 15 is 0 Å². The molecule has 0 spiro atoms. The second kappa shape index (κ2) is 5.57. The minimum Gasteiger partial charge on any atom is -0.368 e. The standard InChI is InChI=1S/C14H12N4O3S/c15-11(19)8-17-10-4-1-5-16-12(10)13(20)18(14(17)21)7-9-3-2-6-22-9/h1-6H,7-8H2,(H2,15,19). The number of amides is 1. The topological polar surface area (TPSA) is 100.0 Å². The van der Waals surface area contributed by atoms with Gasteiger partial charge in [0.2, 0.25) is 5.91 Å². The number of hydrogen-bond donors (Lipinski definition) is 1. The summed E-state index contributed by atoms with van der Waals surface area (Å²) >= 11 is 1.44. The fourth-order valence-corrected chi connectivity index (χ4v) is 2.94. The smallest absolute Gasteiger partial charge is 0.332 e. The number of carbonyl (C=O) groups is 1. The molecule has 0 bridgehead atoms. The molecule has 3 aromatic rings. The SMILES string of the molecule is NC(=O)Cn1c(=O)n(Cc2cccs2)c(=O)c2ncccc21. The summed E-state index contributed by atoms with van der Waals surface area (Å²) in [7, 11) is 0. The molecule has 0 aliphatic rings. The molecular formula is C14H12N4O3S. The van der Waals surface area contributed by atoms with Gasteiger partial charge < -0.3 is 5.73 Å². The van der Waals surface area contributed by atoms with Crippen LogP contribution in [0.25, 0.3) is 11.0 Å². The zero-order chi connectivity index (χ0) is 15.7. The normalized spacial score (nSPS) is 10.9. The van der Waals surface area contributed by atoms with Crippen LogP contribution in [0, 0.1) is 0 Å². The maximum atomic E-state index is 12.6. The van der Waals surface area contributed by atoms with Gasteiger partial charge in [-0.15, -0.1) is 11.3 Å². The first-order chi connectivity index (χ1) is 10.6. The number of hydrogen-bond acceptors (Lipinski definition) is 5. The van der Waals surface area contributed by atoms with Crippen LogP contribution in [-0.4, -0.2) is 20.0 Å². The summed E-state index contributed by atoms with van der Waals surface area (Å²) in [4.78, 5) is 41.2. The van der Waals surface area contributed by atoms with Gasteiger partial charge in [0.1, 0.15) is 6.54 Å². The van der Waals surface area contributed by atoms with Crippen molar-refractivity contribution in [1.29, 1.82) is 0 Å². The monoisotopic (exact) mass is 316 g/mol. The van der Waals surface area contributed by atoms with Gasteiger partial charge in [-0.2, -0.15) is 0 Å². The fraction of sp³-hybridized carbons (Fsp3) is 0.143. The van der Waals surface area contributed by atoms with Crippen LogP contribution in [-0.2, 0) is 17.9 Å². The molecule has 0 saturated heterocycles. The second-order valence-electron chi connectivity index (χ2n) is 4.68. The third-order valence-electron chi connectivity index (χ3n) is 3.19. The molecule has 0 fully saturated rings. The molecule has 0 radical (unpaired) electrons. The van der Waals surface area contributed by atoms with E-state index in [0.717, 1.165) is 9.44 Å². The predicted octanol–water partition coefficient (Wildman–Crippen LogP) is 0.153. The molecule has 0 aliphatic heterocycles. The summed E-state index contributed by atoms with van der Waals surface area (Å²) < 4.78 is 2.25. The number of carbonyl (C=O) groups excluding carboxylic acids is 1. The molecule has 2 N–H and O–H groups in total. The van der Waals surface area contributed by atoms with E-state index in [4.69, 9.17) is 5.73 Å². The van der Waals surface area contributed by atoms with Crippen molar-refractivity contribution in [2.24, 2.45) is 5.73 Å². The van der Waals surface area contributed by atoms with Crippen molar-refractivity contribution >= 4 is 28.3 Å². The second-order valence-corrected chi connectivity index (χ2v) is 5.71. The van der Waals surface area contributed by atoms with E-state index in [0.29, 0.717) is 5.52 Å². The molecule has 0 atom stereocenters. The van der Waals surface area contributed by atoms with Crippen molar-refractivity contribution in [3.05, 3.63) is 61.6 Å². The third-order valence-corrected chi connectivity index (χ3v) is 4.06. The van der Waals surface area contributed by atoms with Crippen molar-refractivity contribution in [2.75, 3.05) is 0 Å². The van der Waals surface area contributed by atoms with Crippen LogP contribution in [0.2, 0.25) is 0 Å². The molecule has 7 nitrogen and oxygen atoms in total. The number of pyridine rings is 1. The Morgan fingerprint density at radius 3 is 2.73 bits per heavy atom. The van der Waals surface area contributed by atoms with Crippen LogP contribution in [0.5, 0.6) is 0 Å². The number of rotatable bonds is 4. The first kappa shape index (κ1) is 14.2. The number of primary amides is 1. The lowest BCUT2D eigenvalue weighted by Gasteiger charge is -2.11. The molecule has 22 heavy (non-hydrogen) atoms. The zero-order valence-corrected chi connectivity index (χ0v) is 12.2. The minimum absolute atomic E-state index is 0.139. The largest absolute Gasteiger partial charge is 0.368 e. The molecule has 8 heteroatoms. The molecular weight excluding hydrogens is 304 g/mol. The van der Waals surface area contributed by atoms with Crippen molar-refractivity contribution < 1.29 is 4.79 Å². The maximum Gasteiger partial charge on any atom is 0.332 e. The fourth-order valence-electron chi connectivity index (χ4n) is 2.25. The van der Waals surface area contributed by atoms with Gasteiger partial charge in [-0.3, -0.25) is 18.7 Å². The number of fused-ring (bicyclic) bond motifs is 1. The van der Waals surface area contributed by atoms with Gasteiger partial charge in [-0.05, 0) is 23.6 Å². The predicted molar refractivity (Wildman–Crippen MR) is 82.9 cm³/mol. The average molecular weight is 316 g/mol. The van der Waals surface area contributed by atoms with Crippen molar-refractivity contribution in [3.8, 4) is 0 Å². The highest BCUT2D eigenvalue weighted by Crippen LogP contribution is 2.10. The Hall–Kier alpha value is -2.74. The van der Waals surface area contributed by atoms with Crippen LogP contribution >= 0.6 is 11.3 Å². The van der Waals surface area contributed by atoms with E-state index in [2.05, 4.69) is 4.98 Å². The van der Waals surface area contributed by atoms with Crippen LogP contribution in [0.3, 0.4) is 0 Å². The van der Waals surface area contributed by atoms with E-state index in [1.54, 1.807) is 12.1 Å². The van der Waals surface area contributed by atoms with E-state index in [1.165, 1.54) is 22.1 Å². The number of nitrogens with zero attached hydrogens (tertiary/aromatic N) is 3. The van der Waals surface area contributed by atoms with Crippen LogP contribution < -0.4 is 17.0 Å². The highest BCUT2D eigenvalue weighted by Gasteiger charge is 2.15. The Balaban J connectivity index is 2.30. The number of aromatic nitrogens is 3. The minimum atomic E-state index is -0.659. The van der Waals surface area contributed by atoms with Gasteiger partial charge in [0.25, 0.3) is 5.56 Å². The Kier molecular flexibility index (Phi) is 3.60. The molecule has 3 rings (SSSR count). The molecule has 3 heterocycles. The van der Waals surface area contributed by atoms with E-state index in [-0.39, 0.29) is 18.6 Å². The lowest BCUT2D eigenvalue weighted by molar-refractivity contribution is -0.118. The summed E-state index contributed by atoms with van der Waals surface area (Å²) in [5, 5.41) is 1.86. The van der Waals surface area contributed by atoms with Gasteiger partial charge in [0.15, 0.2) is 5.52 Å². The van der Waals surface area contributed by atoms with Gasteiger partial charge in [0.05, 0.1) is 12.1 Å². The van der Waals surface area contributed by atoms with E-state index in [9.17, 15) is 14.4 Å². The molecule has 0 saturated carbocycles. The maximum absolute atomic E-state index is 12.6. The van der Waals surface area contributed by atoms with Gasteiger partial charge in [-0.1, -0.05) is 6.07 Å². The van der Waals surface area contributed by atoms with Crippen molar-refractivity contribution in [3.63, 3.8) is 0 Å². The molecule has 3 aromatic heterocycles. The summed E-state index contributed by atoms with van der Waals surface area (Å²) in [6.45, 7) is -0.160. The Bertz CT molecular complexity index is 956. The zero-order valence-electron chi connectivity index (χ0n) is 11.4. The molecule has 1 amide bonds. The quantitative estimate of drug-likeness (QED) is 0.740. The first-order valence-electron chi connectivity index (χ1n) is 6.47. The molecule has 0 aliphatic carbocycles. The summed E-state index contributed by atoms with van der Waals surface area (Å²) in [6, 6.07) is 6.84.